The third-order valence-electron chi connectivity index (χ3n) is 3.81. The minimum atomic E-state index is 0.146. The average molecular weight is 242 g/mol. The lowest BCUT2D eigenvalue weighted by molar-refractivity contribution is -0.129. The molecule has 2 fully saturated rings. The SMILES string of the molecule is NOC1CCC(NC(=O)C2CCOCC2)CC1. The van der Waals surface area contributed by atoms with Crippen molar-refractivity contribution in [3.8, 4) is 0 Å². The predicted octanol–water partition coefficient (Wildman–Crippen LogP) is 0.731. The van der Waals surface area contributed by atoms with Gasteiger partial charge >= 0.3 is 0 Å². The molecule has 1 aliphatic carbocycles. The molecule has 2 aliphatic rings. The fourth-order valence-electron chi connectivity index (χ4n) is 2.62. The van der Waals surface area contributed by atoms with E-state index in [2.05, 4.69) is 5.32 Å². The Morgan fingerprint density at radius 2 is 1.76 bits per heavy atom. The van der Waals surface area contributed by atoms with Gasteiger partial charge in [-0.3, -0.25) is 4.79 Å². The second kappa shape index (κ2) is 6.33. The van der Waals surface area contributed by atoms with E-state index in [0.29, 0.717) is 19.3 Å². The van der Waals surface area contributed by atoms with Gasteiger partial charge in [0.05, 0.1) is 6.10 Å². The number of hydrogen-bond donors (Lipinski definition) is 2. The molecule has 0 bridgehead atoms. The number of hydrogen-bond acceptors (Lipinski definition) is 4. The van der Waals surface area contributed by atoms with Gasteiger partial charge in [0.1, 0.15) is 0 Å². The van der Waals surface area contributed by atoms with E-state index in [9.17, 15) is 4.79 Å². The summed E-state index contributed by atoms with van der Waals surface area (Å²) in [6, 6.07) is 0.303. The molecule has 5 heteroatoms. The van der Waals surface area contributed by atoms with Crippen LogP contribution in [0.2, 0.25) is 0 Å². The number of carbonyl (C=O) groups is 1. The third-order valence-corrected chi connectivity index (χ3v) is 3.81. The normalized spacial score (nSPS) is 31.1. The van der Waals surface area contributed by atoms with Crippen molar-refractivity contribution in [2.45, 2.75) is 50.7 Å². The number of nitrogens with two attached hydrogens (primary N) is 1. The lowest BCUT2D eigenvalue weighted by Gasteiger charge is -2.30. The molecule has 0 aromatic heterocycles. The molecule has 0 spiro atoms. The van der Waals surface area contributed by atoms with Crippen LogP contribution in [0.5, 0.6) is 0 Å². The van der Waals surface area contributed by atoms with E-state index in [4.69, 9.17) is 15.5 Å². The van der Waals surface area contributed by atoms with Gasteiger partial charge in [0, 0.05) is 25.2 Å². The molecule has 0 radical (unpaired) electrons. The zero-order chi connectivity index (χ0) is 12.1. The van der Waals surface area contributed by atoms with Gasteiger partial charge < -0.3 is 14.9 Å². The van der Waals surface area contributed by atoms with Gasteiger partial charge in [0.15, 0.2) is 0 Å². The first kappa shape index (κ1) is 12.8. The maximum Gasteiger partial charge on any atom is 0.223 e. The van der Waals surface area contributed by atoms with Gasteiger partial charge in [-0.15, -0.1) is 0 Å². The summed E-state index contributed by atoms with van der Waals surface area (Å²) in [5.74, 6) is 5.51. The Labute approximate surface area is 102 Å². The lowest BCUT2D eigenvalue weighted by Crippen LogP contribution is -2.43. The molecule has 17 heavy (non-hydrogen) atoms. The second-order valence-electron chi connectivity index (χ2n) is 5.00. The highest BCUT2D eigenvalue weighted by Gasteiger charge is 2.26. The van der Waals surface area contributed by atoms with Crippen molar-refractivity contribution < 1.29 is 14.4 Å². The summed E-state index contributed by atoms with van der Waals surface area (Å²) >= 11 is 0. The van der Waals surface area contributed by atoms with Gasteiger partial charge in [0.25, 0.3) is 0 Å². The van der Waals surface area contributed by atoms with E-state index < -0.39 is 0 Å². The summed E-state index contributed by atoms with van der Waals surface area (Å²) in [7, 11) is 0. The zero-order valence-electron chi connectivity index (χ0n) is 10.2. The second-order valence-corrected chi connectivity index (χ2v) is 5.00. The first-order valence-electron chi connectivity index (χ1n) is 6.53. The summed E-state index contributed by atoms with van der Waals surface area (Å²) in [5.41, 5.74) is 0. The summed E-state index contributed by atoms with van der Waals surface area (Å²) < 4.78 is 5.26. The maximum absolute atomic E-state index is 12.0. The number of ether oxygens (including phenoxy) is 1. The zero-order valence-corrected chi connectivity index (χ0v) is 10.2. The molecule has 0 atom stereocenters. The van der Waals surface area contributed by atoms with Crippen LogP contribution in [0.15, 0.2) is 0 Å². The van der Waals surface area contributed by atoms with Crippen LogP contribution in [0, 0.1) is 5.92 Å². The predicted molar refractivity (Wildman–Crippen MR) is 63.0 cm³/mol. The molecular formula is C12H22N2O3. The Balaban J connectivity index is 1.71. The average Bonchev–Trinajstić information content (AvgIpc) is 2.40. The summed E-state index contributed by atoms with van der Waals surface area (Å²) in [6.45, 7) is 1.43. The topological polar surface area (TPSA) is 73.6 Å². The minimum absolute atomic E-state index is 0.146. The van der Waals surface area contributed by atoms with Crippen LogP contribution in [0.25, 0.3) is 0 Å². The first-order chi connectivity index (χ1) is 8.29. The van der Waals surface area contributed by atoms with Crippen molar-refractivity contribution >= 4 is 5.91 Å². The van der Waals surface area contributed by atoms with Crippen molar-refractivity contribution in [2.24, 2.45) is 11.8 Å². The Morgan fingerprint density at radius 1 is 1.12 bits per heavy atom. The van der Waals surface area contributed by atoms with Gasteiger partial charge in [-0.05, 0) is 38.5 Å². The highest BCUT2D eigenvalue weighted by Crippen LogP contribution is 2.21. The van der Waals surface area contributed by atoms with Crippen molar-refractivity contribution in [1.82, 2.24) is 5.32 Å². The van der Waals surface area contributed by atoms with Crippen molar-refractivity contribution in [2.75, 3.05) is 13.2 Å². The molecule has 0 unspecified atom stereocenters. The molecule has 1 aliphatic heterocycles. The fourth-order valence-corrected chi connectivity index (χ4v) is 2.62. The smallest absolute Gasteiger partial charge is 0.223 e. The largest absolute Gasteiger partial charge is 0.381 e. The molecule has 98 valence electrons. The summed E-state index contributed by atoms with van der Waals surface area (Å²) in [4.78, 5) is 16.8. The Kier molecular flexibility index (Phi) is 4.76. The van der Waals surface area contributed by atoms with Crippen LogP contribution in [-0.2, 0) is 14.4 Å². The van der Waals surface area contributed by atoms with Crippen LogP contribution in [0.1, 0.15) is 38.5 Å². The van der Waals surface area contributed by atoms with Crippen LogP contribution in [-0.4, -0.2) is 31.3 Å². The highest BCUT2D eigenvalue weighted by atomic mass is 16.6. The number of rotatable bonds is 3. The van der Waals surface area contributed by atoms with Crippen LogP contribution < -0.4 is 11.2 Å². The molecule has 1 heterocycles. The third kappa shape index (κ3) is 3.66. The molecule has 1 saturated heterocycles. The van der Waals surface area contributed by atoms with Crippen LogP contribution in [0.4, 0.5) is 0 Å². The molecule has 0 aromatic rings. The maximum atomic E-state index is 12.0. The molecule has 3 N–H and O–H groups in total. The number of nitrogens with one attached hydrogen (secondary N) is 1. The van der Waals surface area contributed by atoms with Crippen LogP contribution >= 0.6 is 0 Å². The molecule has 5 nitrogen and oxygen atoms in total. The van der Waals surface area contributed by atoms with E-state index in [1.165, 1.54) is 0 Å². The summed E-state index contributed by atoms with van der Waals surface area (Å²) in [6.07, 6.45) is 5.70. The summed E-state index contributed by atoms with van der Waals surface area (Å²) in [5, 5.41) is 3.14. The molecule has 0 aromatic carbocycles. The van der Waals surface area contributed by atoms with E-state index in [1.54, 1.807) is 0 Å². The molecule has 1 amide bonds. The Bertz CT molecular complexity index is 246. The van der Waals surface area contributed by atoms with E-state index in [1.807, 2.05) is 0 Å². The standard InChI is InChI=1S/C12H22N2O3/c13-17-11-3-1-10(2-4-11)14-12(15)9-5-7-16-8-6-9/h9-11H,1-8,13H2,(H,14,15). The molecular weight excluding hydrogens is 220 g/mol. The van der Waals surface area contributed by atoms with Crippen molar-refractivity contribution in [3.63, 3.8) is 0 Å². The number of amides is 1. The van der Waals surface area contributed by atoms with E-state index in [-0.39, 0.29) is 17.9 Å². The van der Waals surface area contributed by atoms with Gasteiger partial charge in [0.2, 0.25) is 5.91 Å². The Hall–Kier alpha value is -0.650. The van der Waals surface area contributed by atoms with Gasteiger partial charge in [-0.1, -0.05) is 0 Å². The van der Waals surface area contributed by atoms with Crippen molar-refractivity contribution in [3.05, 3.63) is 0 Å². The quantitative estimate of drug-likeness (QED) is 0.716. The van der Waals surface area contributed by atoms with Crippen molar-refractivity contribution in [1.29, 1.82) is 0 Å². The van der Waals surface area contributed by atoms with Gasteiger partial charge in [-0.2, -0.15) is 0 Å². The minimum Gasteiger partial charge on any atom is -0.381 e. The number of carbonyl (C=O) groups excluding carboxylic acids is 1. The fraction of sp³-hybridized carbons (Fsp3) is 0.917. The lowest BCUT2D eigenvalue weighted by atomic mass is 9.92. The van der Waals surface area contributed by atoms with E-state index in [0.717, 1.165) is 38.5 Å². The molecule has 2 rings (SSSR count). The Morgan fingerprint density at radius 3 is 2.35 bits per heavy atom. The van der Waals surface area contributed by atoms with Gasteiger partial charge in [-0.25, -0.2) is 5.90 Å². The molecule has 1 saturated carbocycles. The monoisotopic (exact) mass is 242 g/mol. The first-order valence-corrected chi connectivity index (χ1v) is 6.53. The highest BCUT2D eigenvalue weighted by molar-refractivity contribution is 5.79. The van der Waals surface area contributed by atoms with E-state index >= 15 is 0 Å². The van der Waals surface area contributed by atoms with Crippen LogP contribution in [0.3, 0.4) is 0 Å².